The molecule has 1 N–H and O–H groups in total. The normalized spacial score (nSPS) is 24.8. The van der Waals surface area contributed by atoms with E-state index in [1.54, 1.807) is 4.90 Å². The Labute approximate surface area is 79.8 Å². The van der Waals surface area contributed by atoms with Gasteiger partial charge in [0.1, 0.15) is 0 Å². The van der Waals surface area contributed by atoms with Crippen molar-refractivity contribution in [3.8, 4) is 0 Å². The van der Waals surface area contributed by atoms with Crippen molar-refractivity contribution in [2.45, 2.75) is 32.2 Å². The van der Waals surface area contributed by atoms with Crippen LogP contribution in [0.2, 0.25) is 0 Å². The van der Waals surface area contributed by atoms with E-state index in [9.17, 15) is 4.79 Å². The molecule has 1 unspecified atom stereocenters. The van der Waals surface area contributed by atoms with Gasteiger partial charge in [-0.25, -0.2) is 0 Å². The zero-order valence-corrected chi connectivity index (χ0v) is 8.47. The van der Waals surface area contributed by atoms with Gasteiger partial charge in [-0.2, -0.15) is 0 Å². The Morgan fingerprint density at radius 3 is 2.92 bits per heavy atom. The predicted octanol–water partition coefficient (Wildman–Crippen LogP) is 1.12. The van der Waals surface area contributed by atoms with Crippen molar-refractivity contribution in [1.29, 1.82) is 0 Å². The molecule has 1 rings (SSSR count). The fraction of sp³-hybridized carbons (Fsp3) is 0.700. The highest BCUT2D eigenvalue weighted by atomic mass is 16.2. The van der Waals surface area contributed by atoms with Crippen molar-refractivity contribution >= 4 is 5.91 Å². The molecule has 0 spiro atoms. The zero-order chi connectivity index (χ0) is 9.84. The van der Waals surface area contributed by atoms with Gasteiger partial charge in [0.2, 0.25) is 5.91 Å². The number of amides is 1. The van der Waals surface area contributed by atoms with Crippen LogP contribution in [-0.4, -0.2) is 30.4 Å². The minimum Gasteiger partial charge on any atom is -0.316 e. The quantitative estimate of drug-likeness (QED) is 0.694. The molecule has 0 aromatic rings. The maximum Gasteiger partial charge on any atom is 0.243 e. The van der Waals surface area contributed by atoms with E-state index in [0.29, 0.717) is 0 Å². The number of rotatable bonds is 2. The molecular formula is C10H18N2O. The van der Waals surface area contributed by atoms with Crippen LogP contribution in [0.15, 0.2) is 12.3 Å². The first-order valence-electron chi connectivity index (χ1n) is 4.87. The Morgan fingerprint density at radius 1 is 1.69 bits per heavy atom. The second kappa shape index (κ2) is 4.42. The summed E-state index contributed by atoms with van der Waals surface area (Å²) in [6.45, 7) is 6.64. The average Bonchev–Trinajstić information content (AvgIpc) is 2.25. The van der Waals surface area contributed by atoms with Crippen molar-refractivity contribution in [2.75, 3.05) is 13.6 Å². The van der Waals surface area contributed by atoms with E-state index in [1.165, 1.54) is 0 Å². The number of nitrogens with zero attached hydrogens (tertiary/aromatic N) is 1. The van der Waals surface area contributed by atoms with Gasteiger partial charge in [0.05, 0.1) is 6.04 Å². The van der Waals surface area contributed by atoms with Crippen molar-refractivity contribution in [3.63, 3.8) is 0 Å². The Hall–Kier alpha value is -0.830. The van der Waals surface area contributed by atoms with E-state index in [4.69, 9.17) is 0 Å². The van der Waals surface area contributed by atoms with E-state index < -0.39 is 0 Å². The van der Waals surface area contributed by atoms with E-state index in [1.807, 2.05) is 14.0 Å². The predicted molar refractivity (Wildman–Crippen MR) is 53.2 cm³/mol. The number of hydrogen-bond donors (Lipinski definition) is 1. The SMILES string of the molecule is C=C1CCCC(NC)C(=O)N1CC. The number of carbonyl (C=O) groups is 1. The highest BCUT2D eigenvalue weighted by molar-refractivity contribution is 5.83. The van der Waals surface area contributed by atoms with Crippen LogP contribution >= 0.6 is 0 Å². The summed E-state index contributed by atoms with van der Waals surface area (Å²) in [5.74, 6) is 0.174. The molecule has 0 aliphatic carbocycles. The third kappa shape index (κ3) is 2.10. The molecule has 0 radical (unpaired) electrons. The topological polar surface area (TPSA) is 32.3 Å². The van der Waals surface area contributed by atoms with Crippen LogP contribution in [0.4, 0.5) is 0 Å². The summed E-state index contributed by atoms with van der Waals surface area (Å²) in [6.07, 6.45) is 2.91. The number of hydrogen-bond acceptors (Lipinski definition) is 2. The molecule has 1 aliphatic heterocycles. The molecule has 1 aliphatic rings. The first-order valence-corrected chi connectivity index (χ1v) is 4.87. The molecule has 0 aromatic heterocycles. The van der Waals surface area contributed by atoms with Gasteiger partial charge in [0.25, 0.3) is 0 Å². The summed E-state index contributed by atoms with van der Waals surface area (Å²) in [7, 11) is 1.84. The van der Waals surface area contributed by atoms with Crippen LogP contribution in [0, 0.1) is 0 Å². The molecule has 1 saturated heterocycles. The standard InChI is InChI=1S/C10H18N2O/c1-4-12-8(2)6-5-7-9(11-3)10(12)13/h9,11H,2,4-7H2,1,3H3. The third-order valence-corrected chi connectivity index (χ3v) is 2.57. The molecule has 0 bridgehead atoms. The number of allylic oxidation sites excluding steroid dienone is 1. The number of likely N-dealkylation sites (tertiary alicyclic amines) is 1. The molecule has 1 amide bonds. The lowest BCUT2D eigenvalue weighted by molar-refractivity contribution is -0.130. The van der Waals surface area contributed by atoms with Crippen LogP contribution in [0.25, 0.3) is 0 Å². The fourth-order valence-electron chi connectivity index (χ4n) is 1.76. The molecule has 1 heterocycles. The van der Waals surface area contributed by atoms with Gasteiger partial charge in [-0.3, -0.25) is 4.79 Å². The average molecular weight is 182 g/mol. The molecular weight excluding hydrogens is 164 g/mol. The Bertz CT molecular complexity index is 213. The van der Waals surface area contributed by atoms with Gasteiger partial charge in [0.15, 0.2) is 0 Å². The number of likely N-dealkylation sites (N-methyl/N-ethyl adjacent to an activating group) is 2. The lowest BCUT2D eigenvalue weighted by atomic mass is 10.1. The molecule has 13 heavy (non-hydrogen) atoms. The molecule has 0 aromatic carbocycles. The van der Waals surface area contributed by atoms with Gasteiger partial charge in [0, 0.05) is 12.2 Å². The summed E-state index contributed by atoms with van der Waals surface area (Å²) < 4.78 is 0. The maximum atomic E-state index is 11.8. The van der Waals surface area contributed by atoms with Crippen molar-refractivity contribution in [2.24, 2.45) is 0 Å². The van der Waals surface area contributed by atoms with Crippen LogP contribution in [0.5, 0.6) is 0 Å². The molecule has 3 nitrogen and oxygen atoms in total. The minimum atomic E-state index is -0.0146. The Balaban J connectivity index is 2.77. The van der Waals surface area contributed by atoms with Gasteiger partial charge < -0.3 is 10.2 Å². The number of carbonyl (C=O) groups excluding carboxylic acids is 1. The fourth-order valence-corrected chi connectivity index (χ4v) is 1.76. The Kier molecular flexibility index (Phi) is 3.48. The van der Waals surface area contributed by atoms with Crippen LogP contribution < -0.4 is 5.32 Å². The molecule has 74 valence electrons. The summed E-state index contributed by atoms with van der Waals surface area (Å²) in [5, 5.41) is 3.05. The first-order chi connectivity index (χ1) is 6.20. The molecule has 1 atom stereocenters. The zero-order valence-electron chi connectivity index (χ0n) is 8.47. The van der Waals surface area contributed by atoms with Gasteiger partial charge in [-0.15, -0.1) is 0 Å². The van der Waals surface area contributed by atoms with E-state index >= 15 is 0 Å². The number of nitrogens with one attached hydrogen (secondary N) is 1. The van der Waals surface area contributed by atoms with Gasteiger partial charge in [-0.05, 0) is 33.2 Å². The van der Waals surface area contributed by atoms with Crippen molar-refractivity contribution < 1.29 is 4.79 Å². The van der Waals surface area contributed by atoms with E-state index in [2.05, 4.69) is 11.9 Å². The lowest BCUT2D eigenvalue weighted by Gasteiger charge is -2.23. The minimum absolute atomic E-state index is 0.0146. The maximum absolute atomic E-state index is 11.8. The highest BCUT2D eigenvalue weighted by Gasteiger charge is 2.26. The molecule has 0 saturated carbocycles. The van der Waals surface area contributed by atoms with Crippen LogP contribution in [0.1, 0.15) is 26.2 Å². The smallest absolute Gasteiger partial charge is 0.243 e. The first kappa shape index (κ1) is 10.3. The van der Waals surface area contributed by atoms with Crippen LogP contribution in [0.3, 0.4) is 0 Å². The van der Waals surface area contributed by atoms with Gasteiger partial charge in [-0.1, -0.05) is 6.58 Å². The monoisotopic (exact) mass is 182 g/mol. The summed E-state index contributed by atoms with van der Waals surface area (Å²) in [4.78, 5) is 13.6. The van der Waals surface area contributed by atoms with Crippen molar-refractivity contribution in [3.05, 3.63) is 12.3 Å². The summed E-state index contributed by atoms with van der Waals surface area (Å²) >= 11 is 0. The molecule has 1 fully saturated rings. The summed E-state index contributed by atoms with van der Waals surface area (Å²) in [5.41, 5.74) is 0.963. The summed E-state index contributed by atoms with van der Waals surface area (Å²) in [6, 6.07) is -0.0146. The highest BCUT2D eigenvalue weighted by Crippen LogP contribution is 2.19. The second-order valence-electron chi connectivity index (χ2n) is 3.38. The molecule has 3 heteroatoms. The lowest BCUT2D eigenvalue weighted by Crippen LogP contribution is -2.42. The van der Waals surface area contributed by atoms with Crippen molar-refractivity contribution in [1.82, 2.24) is 10.2 Å². The van der Waals surface area contributed by atoms with Crippen LogP contribution in [-0.2, 0) is 4.79 Å². The second-order valence-corrected chi connectivity index (χ2v) is 3.38. The van der Waals surface area contributed by atoms with E-state index in [-0.39, 0.29) is 11.9 Å². The largest absolute Gasteiger partial charge is 0.316 e. The Morgan fingerprint density at radius 2 is 2.38 bits per heavy atom. The third-order valence-electron chi connectivity index (χ3n) is 2.57. The van der Waals surface area contributed by atoms with Gasteiger partial charge >= 0.3 is 0 Å². The van der Waals surface area contributed by atoms with E-state index in [0.717, 1.165) is 31.5 Å².